The van der Waals surface area contributed by atoms with Crippen LogP contribution in [0.5, 0.6) is 5.75 Å². The lowest BCUT2D eigenvalue weighted by Crippen LogP contribution is -2.16. The van der Waals surface area contributed by atoms with Gasteiger partial charge in [-0.25, -0.2) is 9.20 Å². The molecule has 0 spiro atoms. The third-order valence-electron chi connectivity index (χ3n) is 1.29. The van der Waals surface area contributed by atoms with Gasteiger partial charge < -0.3 is 10.8 Å². The normalized spacial score (nSPS) is 14.1. The van der Waals surface area contributed by atoms with Crippen LogP contribution in [0, 0.1) is 0 Å². The Bertz CT molecular complexity index is 365. The summed E-state index contributed by atoms with van der Waals surface area (Å²) >= 11 is -2.30. The van der Waals surface area contributed by atoms with E-state index >= 15 is 0 Å². The molecule has 1 aromatic carbocycles. The van der Waals surface area contributed by atoms with E-state index in [9.17, 15) is 9.32 Å². The number of phenolic OH excluding ortho intramolecular Hbond substituents is 1. The quantitative estimate of drug-likeness (QED) is 0.350. The summed E-state index contributed by atoms with van der Waals surface area (Å²) in [4.78, 5) is 3.55. The van der Waals surface area contributed by atoms with E-state index in [-0.39, 0.29) is 11.4 Å². The lowest BCUT2D eigenvalue weighted by molar-refractivity contribution is 0.477. The minimum Gasteiger partial charge on any atom is -0.506 e. The predicted octanol–water partition coefficient (Wildman–Crippen LogP) is 0.560. The lowest BCUT2D eigenvalue weighted by Gasteiger charge is -1.97. The highest BCUT2D eigenvalue weighted by molar-refractivity contribution is 7.95. The number of hydrogen-bond acceptors (Lipinski definition) is 3. The molecule has 1 unspecified atom stereocenters. The van der Waals surface area contributed by atoms with Crippen LogP contribution >= 0.6 is 0 Å². The van der Waals surface area contributed by atoms with Crippen LogP contribution in [-0.2, 0) is 11.1 Å². The van der Waals surface area contributed by atoms with Crippen molar-refractivity contribution in [2.75, 3.05) is 0 Å². The number of rotatable bonds is 1. The predicted molar refractivity (Wildman–Crippen MR) is 50.2 cm³/mol. The van der Waals surface area contributed by atoms with E-state index in [2.05, 4.69) is 4.99 Å². The highest BCUT2D eigenvalue weighted by Crippen LogP contribution is 2.24. The molecule has 13 heavy (non-hydrogen) atoms. The first kappa shape index (κ1) is 9.69. The molecule has 70 valence electrons. The molecule has 0 heterocycles. The van der Waals surface area contributed by atoms with Gasteiger partial charge in [0.1, 0.15) is 11.4 Å². The number of amidine groups is 1. The Balaban J connectivity index is 3.04. The zero-order valence-electron chi connectivity index (χ0n) is 6.54. The van der Waals surface area contributed by atoms with Crippen molar-refractivity contribution in [1.29, 1.82) is 0 Å². The Hall–Kier alpha value is -1.40. The Morgan fingerprint density at radius 1 is 1.46 bits per heavy atom. The molecular formula is C7H8N2O3S. The molecule has 0 fully saturated rings. The first-order valence-corrected chi connectivity index (χ1v) is 4.45. The minimum absolute atomic E-state index is 0.0871. The van der Waals surface area contributed by atoms with Crippen LogP contribution in [0.15, 0.2) is 29.3 Å². The van der Waals surface area contributed by atoms with E-state index in [1.807, 2.05) is 0 Å². The van der Waals surface area contributed by atoms with E-state index < -0.39 is 16.2 Å². The maximum Gasteiger partial charge on any atom is 0.223 e. The van der Waals surface area contributed by atoms with Crippen molar-refractivity contribution in [3.8, 4) is 5.75 Å². The van der Waals surface area contributed by atoms with Gasteiger partial charge in [-0.15, -0.1) is 0 Å². The van der Waals surface area contributed by atoms with Crippen molar-refractivity contribution in [3.05, 3.63) is 24.3 Å². The fraction of sp³-hybridized carbons (Fsp3) is 0. The highest BCUT2D eigenvalue weighted by Gasteiger charge is 2.02. The average molecular weight is 200 g/mol. The molecular weight excluding hydrogens is 192 g/mol. The molecule has 0 bridgehead atoms. The third kappa shape index (κ3) is 2.53. The van der Waals surface area contributed by atoms with E-state index in [4.69, 9.17) is 10.3 Å². The average Bonchev–Trinajstić information content (AvgIpc) is 2.08. The molecule has 0 aromatic heterocycles. The van der Waals surface area contributed by atoms with E-state index in [0.717, 1.165) is 0 Å². The second-order valence-corrected chi connectivity index (χ2v) is 3.10. The Labute approximate surface area is 77.2 Å². The third-order valence-corrected chi connectivity index (χ3v) is 1.74. The number of nitrogens with two attached hydrogens (primary N) is 1. The van der Waals surface area contributed by atoms with Crippen molar-refractivity contribution in [3.63, 3.8) is 0 Å². The van der Waals surface area contributed by atoms with Gasteiger partial charge in [-0.2, -0.15) is 0 Å². The van der Waals surface area contributed by atoms with Crippen LogP contribution in [0.25, 0.3) is 0 Å². The van der Waals surface area contributed by atoms with Crippen LogP contribution < -0.4 is 5.73 Å². The second-order valence-electron chi connectivity index (χ2n) is 2.19. The summed E-state index contributed by atoms with van der Waals surface area (Å²) in [5.74, 6) is -0.0871. The van der Waals surface area contributed by atoms with Gasteiger partial charge in [-0.3, -0.25) is 4.55 Å². The van der Waals surface area contributed by atoms with Gasteiger partial charge in [0.05, 0.1) is 0 Å². The van der Waals surface area contributed by atoms with Crippen molar-refractivity contribution < 1.29 is 13.9 Å². The van der Waals surface area contributed by atoms with Crippen LogP contribution in [0.2, 0.25) is 0 Å². The number of hydrogen-bond donors (Lipinski definition) is 3. The zero-order valence-corrected chi connectivity index (χ0v) is 7.36. The SMILES string of the molecule is NC(=Nc1ccccc1O)S(=O)O. The number of aliphatic imine (C=N–C) groups is 1. The van der Waals surface area contributed by atoms with Crippen molar-refractivity contribution in [2.45, 2.75) is 0 Å². The number of phenols is 1. The highest BCUT2D eigenvalue weighted by atomic mass is 32.2. The molecule has 1 rings (SSSR count). The van der Waals surface area contributed by atoms with Crippen LogP contribution in [-0.4, -0.2) is 19.0 Å². The molecule has 0 saturated carbocycles. The largest absolute Gasteiger partial charge is 0.506 e. The summed E-state index contributed by atoms with van der Waals surface area (Å²) in [5.41, 5.74) is 5.28. The molecule has 6 heteroatoms. The van der Waals surface area contributed by atoms with Crippen molar-refractivity contribution in [1.82, 2.24) is 0 Å². The number of benzene rings is 1. The molecule has 5 nitrogen and oxygen atoms in total. The van der Waals surface area contributed by atoms with Crippen molar-refractivity contribution >= 4 is 21.9 Å². The number of para-hydroxylation sites is 2. The Kier molecular flexibility index (Phi) is 2.99. The topological polar surface area (TPSA) is 95.9 Å². The fourth-order valence-corrected chi connectivity index (χ4v) is 0.893. The molecule has 1 aromatic rings. The summed E-state index contributed by atoms with van der Waals surface area (Å²) in [6, 6.07) is 6.13. The van der Waals surface area contributed by atoms with Crippen LogP contribution in [0.4, 0.5) is 5.69 Å². The van der Waals surface area contributed by atoms with Gasteiger partial charge in [-0.1, -0.05) is 12.1 Å². The van der Waals surface area contributed by atoms with E-state index in [1.54, 1.807) is 12.1 Å². The lowest BCUT2D eigenvalue weighted by atomic mass is 10.3. The fourth-order valence-electron chi connectivity index (χ4n) is 0.716. The monoisotopic (exact) mass is 200 g/mol. The van der Waals surface area contributed by atoms with Crippen LogP contribution in [0.3, 0.4) is 0 Å². The maximum atomic E-state index is 10.4. The number of nitrogens with zero attached hydrogens (tertiary/aromatic N) is 1. The summed E-state index contributed by atoms with van der Waals surface area (Å²) in [6.45, 7) is 0. The molecule has 0 aliphatic rings. The first-order chi connectivity index (χ1) is 6.11. The molecule has 4 N–H and O–H groups in total. The van der Waals surface area contributed by atoms with Gasteiger partial charge in [0, 0.05) is 0 Å². The minimum atomic E-state index is -2.30. The van der Waals surface area contributed by atoms with E-state index in [1.165, 1.54) is 12.1 Å². The molecule has 0 amide bonds. The molecule has 0 aliphatic heterocycles. The standard InChI is InChI=1S/C7H8N2O3S/c8-7(13(11)12)9-5-3-1-2-4-6(5)10/h1-4,10H,(H2,8,9)(H,11,12). The summed E-state index contributed by atoms with van der Waals surface area (Å²) < 4.78 is 18.9. The summed E-state index contributed by atoms with van der Waals surface area (Å²) in [5, 5.41) is 8.75. The zero-order chi connectivity index (χ0) is 9.84. The smallest absolute Gasteiger partial charge is 0.223 e. The van der Waals surface area contributed by atoms with Crippen molar-refractivity contribution in [2.24, 2.45) is 10.7 Å². The molecule has 0 radical (unpaired) electrons. The van der Waals surface area contributed by atoms with Gasteiger partial charge in [0.25, 0.3) is 0 Å². The molecule has 0 saturated heterocycles. The van der Waals surface area contributed by atoms with Crippen LogP contribution in [0.1, 0.15) is 0 Å². The molecule has 0 aliphatic carbocycles. The second kappa shape index (κ2) is 4.01. The van der Waals surface area contributed by atoms with Gasteiger partial charge in [0.2, 0.25) is 16.2 Å². The van der Waals surface area contributed by atoms with Gasteiger partial charge >= 0.3 is 0 Å². The Morgan fingerprint density at radius 3 is 2.62 bits per heavy atom. The van der Waals surface area contributed by atoms with Gasteiger partial charge in [0.15, 0.2) is 0 Å². The summed E-state index contributed by atoms with van der Waals surface area (Å²) in [7, 11) is 0. The maximum absolute atomic E-state index is 10.4. The first-order valence-electron chi connectivity index (χ1n) is 3.34. The summed E-state index contributed by atoms with van der Waals surface area (Å²) in [6.07, 6.45) is 0. The van der Waals surface area contributed by atoms with Gasteiger partial charge in [-0.05, 0) is 12.1 Å². The number of aromatic hydroxyl groups is 1. The molecule has 1 atom stereocenters. The Morgan fingerprint density at radius 2 is 2.08 bits per heavy atom. The van der Waals surface area contributed by atoms with E-state index in [0.29, 0.717) is 0 Å².